The van der Waals surface area contributed by atoms with Gasteiger partial charge in [0.15, 0.2) is 0 Å². The van der Waals surface area contributed by atoms with Crippen molar-refractivity contribution in [2.75, 3.05) is 0 Å². The number of hydrogen-bond donors (Lipinski definition) is 1. The van der Waals surface area contributed by atoms with E-state index in [-0.39, 0.29) is 22.1 Å². The SMILES string of the molecule is CCn1ncc(Br)c1CNC(=O)C12CC3CC(C1)CC(n1cnc(Cl)n1)(C3)C2. The van der Waals surface area contributed by atoms with Crippen LogP contribution in [0.25, 0.3) is 0 Å². The lowest BCUT2D eigenvalue weighted by Gasteiger charge is -2.60. The molecule has 4 aliphatic carbocycles. The predicted molar refractivity (Wildman–Crippen MR) is 108 cm³/mol. The first-order chi connectivity index (χ1) is 13.4. The molecule has 4 saturated carbocycles. The minimum absolute atomic E-state index is 0.118. The summed E-state index contributed by atoms with van der Waals surface area (Å²) >= 11 is 9.56. The summed E-state index contributed by atoms with van der Waals surface area (Å²) in [5, 5.41) is 12.3. The van der Waals surface area contributed by atoms with Gasteiger partial charge in [0.2, 0.25) is 11.2 Å². The number of carbonyl (C=O) groups is 1. The number of halogens is 2. The van der Waals surface area contributed by atoms with Gasteiger partial charge in [0.05, 0.1) is 33.9 Å². The topological polar surface area (TPSA) is 77.6 Å². The maximum atomic E-state index is 13.5. The van der Waals surface area contributed by atoms with Crippen LogP contribution >= 0.6 is 27.5 Å². The third kappa shape index (κ3) is 2.83. The Hall–Kier alpha value is -1.41. The van der Waals surface area contributed by atoms with Crippen LogP contribution in [0.4, 0.5) is 0 Å². The Bertz CT molecular complexity index is 909. The summed E-state index contributed by atoms with van der Waals surface area (Å²) < 4.78 is 4.81. The Kier molecular flexibility index (Phi) is 4.36. The monoisotopic (exact) mass is 466 g/mol. The molecule has 0 aliphatic heterocycles. The molecule has 4 aliphatic rings. The predicted octanol–water partition coefficient (Wildman–Crippen LogP) is 3.52. The highest BCUT2D eigenvalue weighted by atomic mass is 79.9. The van der Waals surface area contributed by atoms with E-state index < -0.39 is 0 Å². The summed E-state index contributed by atoms with van der Waals surface area (Å²) in [6.07, 6.45) is 9.71. The highest BCUT2D eigenvalue weighted by Crippen LogP contribution is 2.64. The molecule has 28 heavy (non-hydrogen) atoms. The van der Waals surface area contributed by atoms with Gasteiger partial charge in [-0.05, 0) is 84.8 Å². The highest BCUT2D eigenvalue weighted by Gasteiger charge is 2.61. The van der Waals surface area contributed by atoms with Gasteiger partial charge in [0, 0.05) is 6.54 Å². The molecule has 2 aromatic rings. The van der Waals surface area contributed by atoms with Crippen molar-refractivity contribution in [2.24, 2.45) is 17.3 Å². The number of nitrogens with one attached hydrogen (secondary N) is 1. The van der Waals surface area contributed by atoms with E-state index in [0.717, 1.165) is 48.8 Å². The van der Waals surface area contributed by atoms with Gasteiger partial charge >= 0.3 is 0 Å². The van der Waals surface area contributed by atoms with Crippen molar-refractivity contribution >= 4 is 33.4 Å². The smallest absolute Gasteiger partial charge is 0.242 e. The molecule has 0 saturated heterocycles. The van der Waals surface area contributed by atoms with E-state index in [1.807, 2.05) is 9.36 Å². The molecule has 6 rings (SSSR count). The maximum Gasteiger partial charge on any atom is 0.242 e. The Morgan fingerprint density at radius 1 is 1.36 bits per heavy atom. The second-order valence-electron chi connectivity index (χ2n) is 8.86. The lowest BCUT2D eigenvalue weighted by Crippen LogP contribution is -2.61. The molecule has 1 amide bonds. The summed E-state index contributed by atoms with van der Waals surface area (Å²) in [6.45, 7) is 3.33. The van der Waals surface area contributed by atoms with E-state index >= 15 is 0 Å². The summed E-state index contributed by atoms with van der Waals surface area (Å²) in [7, 11) is 0. The molecular weight excluding hydrogens is 444 g/mol. The molecular formula is C19H24BrClN6O. The van der Waals surface area contributed by atoms with Crippen molar-refractivity contribution < 1.29 is 4.79 Å². The van der Waals surface area contributed by atoms with Gasteiger partial charge in [-0.15, -0.1) is 5.10 Å². The Labute approximate surface area is 177 Å². The van der Waals surface area contributed by atoms with Crippen molar-refractivity contribution in [2.45, 2.75) is 64.1 Å². The Morgan fingerprint density at radius 3 is 2.75 bits per heavy atom. The highest BCUT2D eigenvalue weighted by molar-refractivity contribution is 9.10. The molecule has 2 unspecified atom stereocenters. The first kappa shape index (κ1) is 18.6. The second-order valence-corrected chi connectivity index (χ2v) is 10.1. The number of rotatable bonds is 5. The summed E-state index contributed by atoms with van der Waals surface area (Å²) in [5.41, 5.74) is 0.581. The Balaban J connectivity index is 1.40. The fourth-order valence-electron chi connectivity index (χ4n) is 6.41. The van der Waals surface area contributed by atoms with Crippen LogP contribution in [-0.2, 0) is 23.4 Å². The number of aryl methyl sites for hydroxylation is 1. The van der Waals surface area contributed by atoms with Gasteiger partial charge in [-0.25, -0.2) is 9.67 Å². The van der Waals surface area contributed by atoms with Gasteiger partial charge < -0.3 is 5.32 Å². The molecule has 9 heteroatoms. The number of carbonyl (C=O) groups excluding carboxylic acids is 1. The van der Waals surface area contributed by atoms with Crippen LogP contribution in [0.1, 0.15) is 51.1 Å². The van der Waals surface area contributed by atoms with E-state index in [9.17, 15) is 4.79 Å². The molecule has 1 N–H and O–H groups in total. The third-order valence-electron chi connectivity index (χ3n) is 7.08. The van der Waals surface area contributed by atoms with Gasteiger partial charge in [-0.3, -0.25) is 9.48 Å². The van der Waals surface area contributed by atoms with Crippen molar-refractivity contribution in [3.63, 3.8) is 0 Å². The van der Waals surface area contributed by atoms with Crippen molar-refractivity contribution in [1.82, 2.24) is 29.9 Å². The number of nitrogens with zero attached hydrogens (tertiary/aromatic N) is 5. The molecule has 150 valence electrons. The normalized spacial score (nSPS) is 33.4. The zero-order valence-electron chi connectivity index (χ0n) is 15.9. The van der Waals surface area contributed by atoms with E-state index in [4.69, 9.17) is 11.6 Å². The maximum absolute atomic E-state index is 13.5. The van der Waals surface area contributed by atoms with Crippen molar-refractivity contribution in [1.29, 1.82) is 0 Å². The van der Waals surface area contributed by atoms with Crippen molar-refractivity contribution in [3.05, 3.63) is 28.0 Å². The number of aromatic nitrogens is 5. The lowest BCUT2D eigenvalue weighted by molar-refractivity contribution is -0.156. The summed E-state index contributed by atoms with van der Waals surface area (Å²) in [5.74, 6) is 1.32. The Morgan fingerprint density at radius 2 is 2.11 bits per heavy atom. The van der Waals surface area contributed by atoms with Gasteiger partial charge in [0.25, 0.3) is 0 Å². The summed E-state index contributed by atoms with van der Waals surface area (Å²) in [4.78, 5) is 17.6. The minimum Gasteiger partial charge on any atom is -0.350 e. The molecule has 2 aromatic heterocycles. The van der Waals surface area contributed by atoms with Gasteiger partial charge in [-0.1, -0.05) is 0 Å². The molecule has 0 radical (unpaired) electrons. The van der Waals surface area contributed by atoms with Crippen LogP contribution in [0, 0.1) is 17.3 Å². The average Bonchev–Trinajstić information content (AvgIpc) is 3.24. The molecule has 4 bridgehead atoms. The van der Waals surface area contributed by atoms with Crippen LogP contribution in [0.5, 0.6) is 0 Å². The van der Waals surface area contributed by atoms with E-state index in [1.54, 1.807) is 12.5 Å². The molecule has 7 nitrogen and oxygen atoms in total. The second kappa shape index (κ2) is 6.55. The van der Waals surface area contributed by atoms with E-state index in [0.29, 0.717) is 18.4 Å². The molecule has 0 spiro atoms. The minimum atomic E-state index is -0.313. The quantitative estimate of drug-likeness (QED) is 0.730. The number of amides is 1. The average molecular weight is 468 g/mol. The molecule has 0 aromatic carbocycles. The van der Waals surface area contributed by atoms with Crippen LogP contribution < -0.4 is 5.32 Å². The number of hydrogen-bond acceptors (Lipinski definition) is 4. The van der Waals surface area contributed by atoms with Crippen molar-refractivity contribution in [3.8, 4) is 0 Å². The van der Waals surface area contributed by atoms with Gasteiger partial charge in [0.1, 0.15) is 6.33 Å². The van der Waals surface area contributed by atoms with Crippen LogP contribution in [0.3, 0.4) is 0 Å². The fraction of sp³-hybridized carbons (Fsp3) is 0.684. The largest absolute Gasteiger partial charge is 0.350 e. The third-order valence-corrected chi connectivity index (χ3v) is 7.91. The van der Waals surface area contributed by atoms with Crippen LogP contribution in [0.2, 0.25) is 5.28 Å². The fourth-order valence-corrected chi connectivity index (χ4v) is 6.97. The van der Waals surface area contributed by atoms with E-state index in [2.05, 4.69) is 43.4 Å². The molecule has 2 heterocycles. The zero-order chi connectivity index (χ0) is 19.5. The summed E-state index contributed by atoms with van der Waals surface area (Å²) in [6, 6.07) is 0. The standard InChI is InChI=1S/C19H24BrClN6O/c1-2-26-15(14(20)8-24-26)9-22-16(28)18-4-12-3-13(5-18)7-19(6-12,10-18)27-11-23-17(21)25-27/h8,11-13H,2-7,9-10H2,1H3,(H,22,28). The van der Waals surface area contributed by atoms with E-state index in [1.165, 1.54) is 6.42 Å². The first-order valence-electron chi connectivity index (χ1n) is 9.99. The molecule has 2 atom stereocenters. The molecule has 4 fully saturated rings. The van der Waals surface area contributed by atoms with Gasteiger partial charge in [-0.2, -0.15) is 5.10 Å². The van der Waals surface area contributed by atoms with Crippen LogP contribution in [-0.4, -0.2) is 30.5 Å². The lowest BCUT2D eigenvalue weighted by atomic mass is 9.46. The van der Waals surface area contributed by atoms with Crippen LogP contribution in [0.15, 0.2) is 17.0 Å². The first-order valence-corrected chi connectivity index (χ1v) is 11.2. The zero-order valence-corrected chi connectivity index (χ0v) is 18.2.